The van der Waals surface area contributed by atoms with Crippen LogP contribution in [0.5, 0.6) is 0 Å². The molecule has 0 spiro atoms. The number of carbonyl (C=O) groups is 1. The van der Waals surface area contributed by atoms with Gasteiger partial charge in [-0.15, -0.1) is 11.8 Å². The van der Waals surface area contributed by atoms with Gasteiger partial charge in [0.1, 0.15) is 11.6 Å². The molecule has 1 N–H and O–H groups in total. The average molecular weight is 392 g/mol. The fourth-order valence-electron chi connectivity index (χ4n) is 2.96. The first-order chi connectivity index (χ1) is 12.5. The first-order valence-electron chi connectivity index (χ1n) is 7.89. The third kappa shape index (κ3) is 2.79. The van der Waals surface area contributed by atoms with Crippen LogP contribution in [0, 0.1) is 12.7 Å². The quantitative estimate of drug-likeness (QED) is 0.726. The number of amides is 1. The predicted molar refractivity (Wildman–Crippen MR) is 99.4 cm³/mol. The van der Waals surface area contributed by atoms with Crippen molar-refractivity contribution in [2.24, 2.45) is 7.05 Å². The maximum absolute atomic E-state index is 13.7. The standard InChI is InChI=1S/C17H15ClFN5OS/c1-9-11(6-20-23(9)2)16-12-7-21-24(17(12)22-15(25)8-26-16)14-5-10(19)3-4-13(14)18/h3-7,16H,8H2,1-2H3,(H,22,25)/t16-/m1/s1. The highest BCUT2D eigenvalue weighted by Gasteiger charge is 2.30. The molecule has 0 bridgehead atoms. The van der Waals surface area contributed by atoms with E-state index >= 15 is 0 Å². The molecule has 0 aliphatic carbocycles. The Hall–Kier alpha value is -2.32. The number of nitrogens with zero attached hydrogens (tertiary/aromatic N) is 4. The Morgan fingerprint density at radius 2 is 2.08 bits per heavy atom. The zero-order valence-electron chi connectivity index (χ0n) is 14.0. The van der Waals surface area contributed by atoms with Gasteiger partial charge in [-0.1, -0.05) is 11.6 Å². The van der Waals surface area contributed by atoms with Gasteiger partial charge in [0.05, 0.1) is 34.1 Å². The number of thioether (sulfide) groups is 1. The summed E-state index contributed by atoms with van der Waals surface area (Å²) in [5, 5.41) is 11.8. The van der Waals surface area contributed by atoms with Crippen LogP contribution in [0.25, 0.3) is 5.69 Å². The van der Waals surface area contributed by atoms with Gasteiger partial charge in [-0.05, 0) is 19.1 Å². The van der Waals surface area contributed by atoms with E-state index in [0.29, 0.717) is 22.3 Å². The molecule has 0 fully saturated rings. The van der Waals surface area contributed by atoms with Crippen LogP contribution in [-0.2, 0) is 11.8 Å². The number of carbonyl (C=O) groups excluding carboxylic acids is 1. The number of anilines is 1. The summed E-state index contributed by atoms with van der Waals surface area (Å²) in [6.45, 7) is 1.98. The highest BCUT2D eigenvalue weighted by Crippen LogP contribution is 2.43. The molecule has 9 heteroatoms. The summed E-state index contributed by atoms with van der Waals surface area (Å²) in [5.41, 5.74) is 3.23. The summed E-state index contributed by atoms with van der Waals surface area (Å²) < 4.78 is 17.0. The molecule has 0 saturated heterocycles. The van der Waals surface area contributed by atoms with Gasteiger partial charge in [0.25, 0.3) is 0 Å². The molecule has 1 aliphatic heterocycles. The lowest BCUT2D eigenvalue weighted by atomic mass is 10.1. The Labute approximate surface area is 158 Å². The zero-order valence-corrected chi connectivity index (χ0v) is 15.6. The number of aryl methyl sites for hydroxylation is 1. The maximum atomic E-state index is 13.7. The minimum atomic E-state index is -0.428. The average Bonchev–Trinajstić information content (AvgIpc) is 3.11. The van der Waals surface area contributed by atoms with Crippen molar-refractivity contribution in [1.29, 1.82) is 0 Å². The van der Waals surface area contributed by atoms with Gasteiger partial charge in [-0.2, -0.15) is 10.2 Å². The fraction of sp³-hybridized carbons (Fsp3) is 0.235. The van der Waals surface area contributed by atoms with E-state index in [2.05, 4.69) is 15.5 Å². The molecule has 4 rings (SSSR count). The number of rotatable bonds is 2. The molecular formula is C17H15ClFN5OS. The molecule has 2 aromatic heterocycles. The van der Waals surface area contributed by atoms with Gasteiger partial charge in [0.2, 0.25) is 5.91 Å². The van der Waals surface area contributed by atoms with Gasteiger partial charge < -0.3 is 5.32 Å². The van der Waals surface area contributed by atoms with E-state index in [1.165, 1.54) is 34.6 Å². The van der Waals surface area contributed by atoms with E-state index in [0.717, 1.165) is 16.8 Å². The second-order valence-corrected chi connectivity index (χ2v) is 7.50. The summed E-state index contributed by atoms with van der Waals surface area (Å²) in [4.78, 5) is 12.2. The first kappa shape index (κ1) is 17.1. The van der Waals surface area contributed by atoms with E-state index in [1.807, 2.05) is 14.0 Å². The van der Waals surface area contributed by atoms with Crippen molar-refractivity contribution in [3.8, 4) is 5.69 Å². The number of nitrogens with one attached hydrogen (secondary N) is 1. The van der Waals surface area contributed by atoms with Crippen molar-refractivity contribution in [3.05, 3.63) is 58.3 Å². The van der Waals surface area contributed by atoms with E-state index in [4.69, 9.17) is 11.6 Å². The van der Waals surface area contributed by atoms with Crippen LogP contribution in [0.15, 0.2) is 30.6 Å². The molecule has 1 aromatic carbocycles. The zero-order chi connectivity index (χ0) is 18.4. The minimum absolute atomic E-state index is 0.112. The van der Waals surface area contributed by atoms with E-state index in [9.17, 15) is 9.18 Å². The van der Waals surface area contributed by atoms with E-state index in [1.54, 1.807) is 17.1 Å². The molecule has 3 aromatic rings. The number of benzene rings is 1. The smallest absolute Gasteiger partial charge is 0.235 e. The largest absolute Gasteiger partial charge is 0.310 e. The van der Waals surface area contributed by atoms with Crippen LogP contribution < -0.4 is 5.32 Å². The van der Waals surface area contributed by atoms with Crippen molar-refractivity contribution in [2.75, 3.05) is 11.1 Å². The van der Waals surface area contributed by atoms with Gasteiger partial charge >= 0.3 is 0 Å². The lowest BCUT2D eigenvalue weighted by Gasteiger charge is -2.14. The van der Waals surface area contributed by atoms with Gasteiger partial charge in [-0.25, -0.2) is 9.07 Å². The molecule has 0 unspecified atom stereocenters. The number of halogens is 2. The Kier molecular flexibility index (Phi) is 4.24. The normalized spacial score (nSPS) is 16.9. The van der Waals surface area contributed by atoms with E-state index < -0.39 is 5.82 Å². The molecule has 0 radical (unpaired) electrons. The summed E-state index contributed by atoms with van der Waals surface area (Å²) in [5.74, 6) is 0.225. The minimum Gasteiger partial charge on any atom is -0.310 e. The molecule has 0 saturated carbocycles. The molecule has 3 heterocycles. The Morgan fingerprint density at radius 3 is 2.81 bits per heavy atom. The molecule has 1 aliphatic rings. The molecule has 26 heavy (non-hydrogen) atoms. The number of hydrogen-bond donors (Lipinski definition) is 1. The summed E-state index contributed by atoms with van der Waals surface area (Å²) in [7, 11) is 1.88. The molecule has 1 atom stereocenters. The summed E-state index contributed by atoms with van der Waals surface area (Å²) in [6, 6.07) is 4.05. The van der Waals surface area contributed by atoms with Crippen molar-refractivity contribution in [3.63, 3.8) is 0 Å². The SMILES string of the molecule is Cc1c([C@H]2SCC(=O)Nc3c2cnn3-c2cc(F)ccc2Cl)cnn1C. The van der Waals surface area contributed by atoms with Crippen LogP contribution in [0.3, 0.4) is 0 Å². The van der Waals surface area contributed by atoms with Gasteiger partial charge in [-0.3, -0.25) is 9.48 Å². The van der Waals surface area contributed by atoms with Crippen LogP contribution in [0.4, 0.5) is 10.2 Å². The van der Waals surface area contributed by atoms with Crippen molar-refractivity contribution < 1.29 is 9.18 Å². The van der Waals surface area contributed by atoms with Gasteiger partial charge in [0.15, 0.2) is 0 Å². The fourth-order valence-corrected chi connectivity index (χ4v) is 4.31. The van der Waals surface area contributed by atoms with Crippen LogP contribution >= 0.6 is 23.4 Å². The summed E-state index contributed by atoms with van der Waals surface area (Å²) in [6.07, 6.45) is 3.49. The van der Waals surface area contributed by atoms with Gasteiger partial charge in [0, 0.05) is 29.9 Å². The lowest BCUT2D eigenvalue weighted by Crippen LogP contribution is -2.16. The van der Waals surface area contributed by atoms with Crippen LogP contribution in [0.2, 0.25) is 5.02 Å². The van der Waals surface area contributed by atoms with Crippen molar-refractivity contribution in [2.45, 2.75) is 12.2 Å². The first-order valence-corrected chi connectivity index (χ1v) is 9.31. The highest BCUT2D eigenvalue weighted by atomic mass is 35.5. The lowest BCUT2D eigenvalue weighted by molar-refractivity contribution is -0.113. The number of aromatic nitrogens is 4. The van der Waals surface area contributed by atoms with Crippen molar-refractivity contribution in [1.82, 2.24) is 19.6 Å². The molecular weight excluding hydrogens is 377 g/mol. The number of fused-ring (bicyclic) bond motifs is 1. The summed E-state index contributed by atoms with van der Waals surface area (Å²) >= 11 is 7.74. The monoisotopic (exact) mass is 391 g/mol. The Morgan fingerprint density at radius 1 is 1.31 bits per heavy atom. The Balaban J connectivity index is 1.89. The third-order valence-electron chi connectivity index (χ3n) is 4.41. The van der Waals surface area contributed by atoms with E-state index in [-0.39, 0.29) is 11.2 Å². The highest BCUT2D eigenvalue weighted by molar-refractivity contribution is 8.00. The predicted octanol–water partition coefficient (Wildman–Crippen LogP) is 3.48. The topological polar surface area (TPSA) is 64.7 Å². The van der Waals surface area contributed by atoms with Crippen molar-refractivity contribution >= 4 is 35.1 Å². The maximum Gasteiger partial charge on any atom is 0.235 e. The molecule has 134 valence electrons. The number of hydrogen-bond acceptors (Lipinski definition) is 4. The molecule has 6 nitrogen and oxygen atoms in total. The molecule has 1 amide bonds. The second-order valence-electron chi connectivity index (χ2n) is 6.00. The Bertz CT molecular complexity index is 1010. The van der Waals surface area contributed by atoms with Crippen LogP contribution in [-0.4, -0.2) is 31.2 Å². The third-order valence-corrected chi connectivity index (χ3v) is 6.00. The van der Waals surface area contributed by atoms with Crippen LogP contribution in [0.1, 0.15) is 22.1 Å². The second kappa shape index (κ2) is 6.44.